The number of benzene rings is 1. The fourth-order valence-corrected chi connectivity index (χ4v) is 3.67. The first-order valence-corrected chi connectivity index (χ1v) is 9.46. The van der Waals surface area contributed by atoms with E-state index in [9.17, 15) is 4.79 Å². The number of nitrogens with one attached hydrogen (secondary N) is 1. The Morgan fingerprint density at radius 3 is 2.91 bits per heavy atom. The molecule has 1 aromatic carbocycles. The highest BCUT2D eigenvalue weighted by atomic mass is 32.2. The minimum Gasteiger partial charge on any atom is -0.381 e. The van der Waals surface area contributed by atoms with E-state index in [0.29, 0.717) is 24.8 Å². The molecule has 7 heteroatoms. The van der Waals surface area contributed by atoms with Crippen molar-refractivity contribution >= 4 is 34.1 Å². The second-order valence-electron chi connectivity index (χ2n) is 4.81. The van der Waals surface area contributed by atoms with Gasteiger partial charge in [-0.15, -0.1) is 10.2 Å². The maximum Gasteiger partial charge on any atom is 0.228 e. The quantitative estimate of drug-likeness (QED) is 0.402. The highest BCUT2D eigenvalue weighted by Gasteiger charge is 2.08. The first kappa shape index (κ1) is 17.9. The summed E-state index contributed by atoms with van der Waals surface area (Å²) in [7, 11) is 0. The van der Waals surface area contributed by atoms with E-state index in [1.165, 1.54) is 16.9 Å². The molecule has 0 unspecified atom stereocenters. The van der Waals surface area contributed by atoms with Crippen molar-refractivity contribution in [3.63, 3.8) is 0 Å². The molecule has 0 saturated carbocycles. The Morgan fingerprint density at radius 1 is 1.30 bits per heavy atom. The molecule has 0 aliphatic heterocycles. The second kappa shape index (κ2) is 10.4. The summed E-state index contributed by atoms with van der Waals surface area (Å²) in [6, 6.07) is 10.4. The van der Waals surface area contributed by atoms with Gasteiger partial charge in [0.1, 0.15) is 0 Å². The summed E-state index contributed by atoms with van der Waals surface area (Å²) in [5, 5.41) is 11.4. The molecule has 124 valence electrons. The van der Waals surface area contributed by atoms with Gasteiger partial charge in [0.25, 0.3) is 0 Å². The molecule has 0 radical (unpaired) electrons. The van der Waals surface area contributed by atoms with E-state index in [4.69, 9.17) is 4.74 Å². The van der Waals surface area contributed by atoms with Crippen molar-refractivity contribution in [1.82, 2.24) is 10.2 Å². The molecule has 0 bridgehead atoms. The Labute approximate surface area is 144 Å². The van der Waals surface area contributed by atoms with Gasteiger partial charge in [-0.05, 0) is 25.3 Å². The van der Waals surface area contributed by atoms with Crippen molar-refractivity contribution < 1.29 is 9.53 Å². The SMILES string of the molecule is CCOCCC(=O)Nc1nnc(SCCCc2ccccc2)s1. The summed E-state index contributed by atoms with van der Waals surface area (Å²) in [6.45, 7) is 2.96. The Kier molecular flexibility index (Phi) is 8.06. The minimum atomic E-state index is -0.0878. The number of hydrogen-bond acceptors (Lipinski definition) is 6. The van der Waals surface area contributed by atoms with Gasteiger partial charge in [-0.1, -0.05) is 53.4 Å². The topological polar surface area (TPSA) is 64.1 Å². The lowest BCUT2D eigenvalue weighted by molar-refractivity contribution is -0.117. The summed E-state index contributed by atoms with van der Waals surface area (Å²) in [6.07, 6.45) is 2.49. The number of ether oxygens (including phenoxy) is 1. The molecule has 0 fully saturated rings. The number of rotatable bonds is 10. The van der Waals surface area contributed by atoms with Crippen LogP contribution in [0.5, 0.6) is 0 Å². The fourth-order valence-electron chi connectivity index (χ4n) is 1.89. The van der Waals surface area contributed by atoms with E-state index in [-0.39, 0.29) is 5.91 Å². The van der Waals surface area contributed by atoms with Gasteiger partial charge in [-0.3, -0.25) is 4.79 Å². The average Bonchev–Trinajstić information content (AvgIpc) is 3.00. The lowest BCUT2D eigenvalue weighted by Crippen LogP contribution is -2.13. The molecule has 0 aliphatic rings. The maximum atomic E-state index is 11.7. The molecular formula is C16H21N3O2S2. The molecule has 23 heavy (non-hydrogen) atoms. The van der Waals surface area contributed by atoms with E-state index in [1.54, 1.807) is 11.8 Å². The van der Waals surface area contributed by atoms with Gasteiger partial charge in [-0.25, -0.2) is 0 Å². The van der Waals surface area contributed by atoms with Crippen LogP contribution >= 0.6 is 23.1 Å². The zero-order chi connectivity index (χ0) is 16.3. The Hall–Kier alpha value is -1.44. The molecule has 0 saturated heterocycles. The Bertz CT molecular complexity index is 590. The van der Waals surface area contributed by atoms with Crippen LogP contribution in [0.3, 0.4) is 0 Å². The van der Waals surface area contributed by atoms with Crippen molar-refractivity contribution in [1.29, 1.82) is 0 Å². The van der Waals surface area contributed by atoms with Crippen LogP contribution in [0.25, 0.3) is 0 Å². The van der Waals surface area contributed by atoms with Crippen LogP contribution in [0.2, 0.25) is 0 Å². The molecule has 2 aromatic rings. The molecular weight excluding hydrogens is 330 g/mol. The third-order valence-electron chi connectivity index (χ3n) is 3.01. The van der Waals surface area contributed by atoms with Crippen molar-refractivity contribution in [3.8, 4) is 0 Å². The number of nitrogens with zero attached hydrogens (tertiary/aromatic N) is 2. The molecule has 5 nitrogen and oxygen atoms in total. The summed E-state index contributed by atoms with van der Waals surface area (Å²) in [4.78, 5) is 11.7. The number of aryl methyl sites for hydroxylation is 1. The van der Waals surface area contributed by atoms with Crippen LogP contribution in [0.4, 0.5) is 5.13 Å². The zero-order valence-electron chi connectivity index (χ0n) is 13.2. The zero-order valence-corrected chi connectivity index (χ0v) is 14.8. The largest absolute Gasteiger partial charge is 0.381 e. The summed E-state index contributed by atoms with van der Waals surface area (Å²) >= 11 is 3.09. The lowest BCUT2D eigenvalue weighted by atomic mass is 10.1. The Balaban J connectivity index is 1.65. The van der Waals surface area contributed by atoms with Crippen LogP contribution in [0, 0.1) is 0 Å². The van der Waals surface area contributed by atoms with E-state index in [0.717, 1.165) is 22.9 Å². The lowest BCUT2D eigenvalue weighted by Gasteiger charge is -2.01. The van der Waals surface area contributed by atoms with E-state index >= 15 is 0 Å². The van der Waals surface area contributed by atoms with Crippen LogP contribution in [0.1, 0.15) is 25.3 Å². The highest BCUT2D eigenvalue weighted by molar-refractivity contribution is 8.01. The van der Waals surface area contributed by atoms with Crippen LogP contribution in [-0.2, 0) is 16.0 Å². The Morgan fingerprint density at radius 2 is 2.13 bits per heavy atom. The van der Waals surface area contributed by atoms with Gasteiger partial charge in [0.15, 0.2) is 4.34 Å². The monoisotopic (exact) mass is 351 g/mol. The van der Waals surface area contributed by atoms with Crippen molar-refractivity contribution in [2.75, 3.05) is 24.3 Å². The number of aromatic nitrogens is 2. The summed E-state index contributed by atoms with van der Waals surface area (Å²) in [5.41, 5.74) is 1.35. The summed E-state index contributed by atoms with van der Waals surface area (Å²) in [5.74, 6) is 0.900. The minimum absolute atomic E-state index is 0.0878. The number of carbonyl (C=O) groups excluding carboxylic acids is 1. The number of hydrogen-bond donors (Lipinski definition) is 1. The van der Waals surface area contributed by atoms with E-state index in [2.05, 4.69) is 39.8 Å². The third-order valence-corrected chi connectivity index (χ3v) is 5.07. The summed E-state index contributed by atoms with van der Waals surface area (Å²) < 4.78 is 6.04. The smallest absolute Gasteiger partial charge is 0.228 e. The van der Waals surface area contributed by atoms with Gasteiger partial charge >= 0.3 is 0 Å². The number of carbonyl (C=O) groups is 1. The van der Waals surface area contributed by atoms with Crippen molar-refractivity contribution in [3.05, 3.63) is 35.9 Å². The van der Waals surface area contributed by atoms with E-state index < -0.39 is 0 Å². The maximum absolute atomic E-state index is 11.7. The van der Waals surface area contributed by atoms with Crippen LogP contribution in [-0.4, -0.2) is 35.1 Å². The molecule has 1 heterocycles. The average molecular weight is 351 g/mol. The van der Waals surface area contributed by atoms with Crippen LogP contribution < -0.4 is 5.32 Å². The van der Waals surface area contributed by atoms with Gasteiger partial charge in [0.2, 0.25) is 11.0 Å². The normalized spacial score (nSPS) is 10.7. The predicted molar refractivity (Wildman–Crippen MR) is 95.1 cm³/mol. The van der Waals surface area contributed by atoms with Gasteiger partial charge < -0.3 is 10.1 Å². The molecule has 1 aromatic heterocycles. The first-order chi connectivity index (χ1) is 11.3. The van der Waals surface area contributed by atoms with Gasteiger partial charge in [-0.2, -0.15) is 0 Å². The number of thioether (sulfide) groups is 1. The fraction of sp³-hybridized carbons (Fsp3) is 0.438. The second-order valence-corrected chi connectivity index (χ2v) is 7.13. The molecule has 2 rings (SSSR count). The van der Waals surface area contributed by atoms with Crippen molar-refractivity contribution in [2.24, 2.45) is 0 Å². The molecule has 1 amide bonds. The molecule has 1 N–H and O–H groups in total. The molecule has 0 atom stereocenters. The number of anilines is 1. The highest BCUT2D eigenvalue weighted by Crippen LogP contribution is 2.26. The number of amides is 1. The van der Waals surface area contributed by atoms with E-state index in [1.807, 2.05) is 13.0 Å². The standard InChI is InChI=1S/C16H21N3O2S2/c1-2-21-11-10-14(20)17-15-18-19-16(23-15)22-12-6-9-13-7-4-3-5-8-13/h3-5,7-8H,2,6,9-12H2,1H3,(H,17,18,20). The molecule has 0 aliphatic carbocycles. The first-order valence-electron chi connectivity index (χ1n) is 7.65. The van der Waals surface area contributed by atoms with Crippen molar-refractivity contribution in [2.45, 2.75) is 30.5 Å². The van der Waals surface area contributed by atoms with Gasteiger partial charge in [0.05, 0.1) is 13.0 Å². The van der Waals surface area contributed by atoms with Crippen LogP contribution in [0.15, 0.2) is 34.7 Å². The third kappa shape index (κ3) is 7.11. The molecule has 0 spiro atoms. The predicted octanol–water partition coefficient (Wildman–Crippen LogP) is 3.63. The van der Waals surface area contributed by atoms with Gasteiger partial charge in [0, 0.05) is 12.4 Å².